The molecule has 21 heavy (non-hydrogen) atoms. The van der Waals surface area contributed by atoms with Crippen molar-refractivity contribution in [2.24, 2.45) is 0 Å². The van der Waals surface area contributed by atoms with E-state index in [4.69, 9.17) is 15.2 Å². The molecule has 0 saturated heterocycles. The van der Waals surface area contributed by atoms with Gasteiger partial charge in [0.15, 0.2) is 18.1 Å². The maximum Gasteiger partial charge on any atom is 0.258 e. The molecule has 0 heterocycles. The molecule has 0 aromatic heterocycles. The van der Waals surface area contributed by atoms with Crippen LogP contribution in [0, 0.1) is 0 Å². The van der Waals surface area contributed by atoms with E-state index in [1.54, 1.807) is 19.2 Å². The van der Waals surface area contributed by atoms with Crippen molar-refractivity contribution in [3.63, 3.8) is 0 Å². The topological polar surface area (TPSA) is 90.7 Å². The van der Waals surface area contributed by atoms with Crippen LogP contribution in [0.1, 0.15) is 24.2 Å². The highest BCUT2D eigenvalue weighted by Crippen LogP contribution is 2.31. The van der Waals surface area contributed by atoms with Crippen LogP contribution in [0.25, 0.3) is 0 Å². The zero-order valence-corrected chi connectivity index (χ0v) is 13.8. The lowest BCUT2D eigenvalue weighted by molar-refractivity contribution is -0.124. The van der Waals surface area contributed by atoms with Crippen LogP contribution in [0.2, 0.25) is 0 Å². The maximum atomic E-state index is 11.7. The fourth-order valence-electron chi connectivity index (χ4n) is 1.78. The van der Waals surface area contributed by atoms with E-state index >= 15 is 0 Å². The number of hydrogen-bond donors (Lipinski definition) is 2. The number of Topliss-reactive ketones (excluding diaryl/α,β-unsaturated/α-hetero) is 1. The molecule has 1 aromatic carbocycles. The number of hydrogen-bond acceptors (Lipinski definition) is 5. The first-order chi connectivity index (χ1) is 9.85. The second-order valence-electron chi connectivity index (χ2n) is 4.64. The summed E-state index contributed by atoms with van der Waals surface area (Å²) >= 11 is 3.26. The summed E-state index contributed by atoms with van der Waals surface area (Å²) in [5, 5.41) is 2.71. The average Bonchev–Trinajstić information content (AvgIpc) is 2.36. The number of ether oxygens (including phenoxy) is 2. The molecule has 1 rings (SSSR count). The molecule has 1 aromatic rings. The second kappa shape index (κ2) is 7.99. The Morgan fingerprint density at radius 1 is 1.43 bits per heavy atom. The summed E-state index contributed by atoms with van der Waals surface area (Å²) in [4.78, 5) is 23.3. The maximum absolute atomic E-state index is 11.7. The zero-order chi connectivity index (χ0) is 16.0. The first kappa shape index (κ1) is 17.5. The molecule has 6 nitrogen and oxygen atoms in total. The molecule has 7 heteroatoms. The quantitative estimate of drug-likeness (QED) is 0.572. The predicted octanol–water partition coefficient (Wildman–Crippen LogP) is 1.76. The molecule has 0 aliphatic carbocycles. The summed E-state index contributed by atoms with van der Waals surface area (Å²) < 4.78 is 11.0. The molecular weight excluding hydrogens is 340 g/mol. The lowest BCUT2D eigenvalue weighted by Gasteiger charge is -2.15. The Balaban J connectivity index is 2.75. The Hall–Kier alpha value is -1.60. The fraction of sp³-hybridized carbons (Fsp3) is 0.429. The molecule has 0 saturated carbocycles. The molecule has 1 amide bonds. The summed E-state index contributed by atoms with van der Waals surface area (Å²) in [5.74, 6) is -0.275. The number of amides is 1. The second-order valence-corrected chi connectivity index (χ2v) is 5.56. The van der Waals surface area contributed by atoms with Gasteiger partial charge >= 0.3 is 0 Å². The van der Waals surface area contributed by atoms with Crippen molar-refractivity contribution in [3.05, 3.63) is 22.2 Å². The molecule has 116 valence electrons. The summed E-state index contributed by atoms with van der Waals surface area (Å²) in [6.07, 6.45) is 0. The van der Waals surface area contributed by atoms with Crippen LogP contribution in [-0.2, 0) is 9.53 Å². The third-order valence-corrected chi connectivity index (χ3v) is 3.09. The smallest absolute Gasteiger partial charge is 0.258 e. The van der Waals surface area contributed by atoms with Gasteiger partial charge in [0, 0.05) is 17.6 Å². The molecule has 0 radical (unpaired) electrons. The van der Waals surface area contributed by atoms with Crippen molar-refractivity contribution in [2.45, 2.75) is 19.9 Å². The SMILES string of the molecule is COCC(C)NC(=O)COc1c(N)cc(Br)cc1C(C)=O. The fourth-order valence-corrected chi connectivity index (χ4v) is 2.26. The molecule has 1 unspecified atom stereocenters. The van der Waals surface area contributed by atoms with Crippen molar-refractivity contribution in [3.8, 4) is 5.75 Å². The molecule has 3 N–H and O–H groups in total. The van der Waals surface area contributed by atoms with Gasteiger partial charge in [0.1, 0.15) is 0 Å². The van der Waals surface area contributed by atoms with E-state index in [-0.39, 0.29) is 30.1 Å². The largest absolute Gasteiger partial charge is 0.481 e. The Morgan fingerprint density at radius 2 is 2.10 bits per heavy atom. The molecule has 0 fully saturated rings. The van der Waals surface area contributed by atoms with Gasteiger partial charge in [-0.1, -0.05) is 15.9 Å². The van der Waals surface area contributed by atoms with Crippen LogP contribution in [0.5, 0.6) is 5.75 Å². The molecule has 1 atom stereocenters. The van der Waals surface area contributed by atoms with Gasteiger partial charge in [-0.2, -0.15) is 0 Å². The number of benzene rings is 1. The van der Waals surface area contributed by atoms with Gasteiger partial charge in [-0.3, -0.25) is 9.59 Å². The highest BCUT2D eigenvalue weighted by atomic mass is 79.9. The zero-order valence-electron chi connectivity index (χ0n) is 12.2. The lowest BCUT2D eigenvalue weighted by atomic mass is 10.1. The molecule has 0 aliphatic heterocycles. The van der Waals surface area contributed by atoms with E-state index < -0.39 is 0 Å². The summed E-state index contributed by atoms with van der Waals surface area (Å²) in [6.45, 7) is 3.41. The molecular formula is C14H19BrN2O4. The van der Waals surface area contributed by atoms with Gasteiger partial charge in [-0.25, -0.2) is 0 Å². The van der Waals surface area contributed by atoms with Gasteiger partial charge in [0.25, 0.3) is 5.91 Å². The first-order valence-corrected chi connectivity index (χ1v) is 7.15. The third kappa shape index (κ3) is 5.35. The summed E-state index contributed by atoms with van der Waals surface area (Å²) in [5.41, 5.74) is 6.47. The highest BCUT2D eigenvalue weighted by molar-refractivity contribution is 9.10. The Labute approximate surface area is 132 Å². The summed E-state index contributed by atoms with van der Waals surface area (Å²) in [6, 6.07) is 3.10. The Bertz CT molecular complexity index is 534. The minimum absolute atomic E-state index is 0.124. The molecule has 0 spiro atoms. The van der Waals surface area contributed by atoms with Crippen LogP contribution >= 0.6 is 15.9 Å². The average molecular weight is 359 g/mol. The summed E-state index contributed by atoms with van der Waals surface area (Å²) in [7, 11) is 1.56. The van der Waals surface area contributed by atoms with Crippen molar-refractivity contribution in [1.29, 1.82) is 0 Å². The van der Waals surface area contributed by atoms with Crippen LogP contribution in [0.15, 0.2) is 16.6 Å². The normalized spacial score (nSPS) is 11.8. The van der Waals surface area contributed by atoms with Crippen molar-refractivity contribution >= 4 is 33.3 Å². The monoisotopic (exact) mass is 358 g/mol. The third-order valence-electron chi connectivity index (χ3n) is 2.63. The van der Waals surface area contributed by atoms with E-state index in [9.17, 15) is 9.59 Å². The Kier molecular flexibility index (Phi) is 6.64. The number of nitrogens with one attached hydrogen (secondary N) is 1. The number of rotatable bonds is 7. The first-order valence-electron chi connectivity index (χ1n) is 6.36. The van der Waals surface area contributed by atoms with Crippen molar-refractivity contribution < 1.29 is 19.1 Å². The van der Waals surface area contributed by atoms with E-state index in [0.717, 1.165) is 0 Å². The van der Waals surface area contributed by atoms with E-state index in [0.29, 0.717) is 22.3 Å². The number of ketones is 1. The van der Waals surface area contributed by atoms with Gasteiger partial charge in [-0.05, 0) is 26.0 Å². The van der Waals surface area contributed by atoms with Crippen LogP contribution < -0.4 is 15.8 Å². The minimum atomic E-state index is -0.309. The predicted molar refractivity (Wildman–Crippen MR) is 83.5 cm³/mol. The minimum Gasteiger partial charge on any atom is -0.481 e. The number of nitrogens with two attached hydrogens (primary N) is 1. The number of anilines is 1. The van der Waals surface area contributed by atoms with E-state index in [1.807, 2.05) is 6.92 Å². The van der Waals surface area contributed by atoms with Crippen molar-refractivity contribution in [2.75, 3.05) is 26.1 Å². The van der Waals surface area contributed by atoms with Crippen molar-refractivity contribution in [1.82, 2.24) is 5.32 Å². The number of carbonyl (C=O) groups excluding carboxylic acids is 2. The number of nitrogen functional groups attached to an aromatic ring is 1. The van der Waals surface area contributed by atoms with Crippen LogP contribution in [0.3, 0.4) is 0 Å². The van der Waals surface area contributed by atoms with Gasteiger partial charge in [0.05, 0.1) is 17.9 Å². The number of halogens is 1. The van der Waals surface area contributed by atoms with Gasteiger partial charge in [0.2, 0.25) is 0 Å². The highest BCUT2D eigenvalue weighted by Gasteiger charge is 2.15. The number of methoxy groups -OCH3 is 1. The molecule has 0 bridgehead atoms. The van der Waals surface area contributed by atoms with E-state index in [1.165, 1.54) is 6.92 Å². The lowest BCUT2D eigenvalue weighted by Crippen LogP contribution is -2.38. The Morgan fingerprint density at radius 3 is 2.67 bits per heavy atom. The van der Waals surface area contributed by atoms with Gasteiger partial charge in [-0.15, -0.1) is 0 Å². The molecule has 0 aliphatic rings. The van der Waals surface area contributed by atoms with Crippen LogP contribution in [-0.4, -0.2) is 38.1 Å². The van der Waals surface area contributed by atoms with Gasteiger partial charge < -0.3 is 20.5 Å². The van der Waals surface area contributed by atoms with Crippen LogP contribution in [0.4, 0.5) is 5.69 Å². The standard InChI is InChI=1S/C14H19BrN2O4/c1-8(6-20-3)17-13(19)7-21-14-11(9(2)18)4-10(15)5-12(14)16/h4-5,8H,6-7,16H2,1-3H3,(H,17,19). The van der Waals surface area contributed by atoms with E-state index in [2.05, 4.69) is 21.2 Å². The number of carbonyl (C=O) groups is 2.